The van der Waals surface area contributed by atoms with Gasteiger partial charge in [-0.25, -0.2) is 4.98 Å². The molecule has 1 unspecified atom stereocenters. The van der Waals surface area contributed by atoms with E-state index in [0.717, 1.165) is 22.3 Å². The van der Waals surface area contributed by atoms with Crippen molar-refractivity contribution in [3.63, 3.8) is 0 Å². The van der Waals surface area contributed by atoms with E-state index in [1.807, 2.05) is 27.7 Å². The van der Waals surface area contributed by atoms with Crippen molar-refractivity contribution >= 4 is 34.8 Å². The number of aliphatic carboxylic acids is 1. The largest absolute Gasteiger partial charge is 0.481 e. The molecule has 112 valence electrons. The lowest BCUT2D eigenvalue weighted by Crippen LogP contribution is -2.14. The van der Waals surface area contributed by atoms with E-state index in [1.54, 1.807) is 0 Å². The number of hydrogen-bond donors (Lipinski definition) is 2. The maximum atomic E-state index is 11.3. The fourth-order valence-electron chi connectivity index (χ4n) is 2.36. The van der Waals surface area contributed by atoms with Gasteiger partial charge in [-0.15, -0.1) is 12.6 Å². The molecule has 6 heteroatoms. The van der Waals surface area contributed by atoms with Crippen LogP contribution < -0.4 is 0 Å². The number of carbonyl (C=O) groups is 2. The normalized spacial score (nSPS) is 12.6. The Morgan fingerprint density at radius 1 is 1.14 bits per heavy atom. The number of carboxylic acids is 1. The maximum absolute atomic E-state index is 11.3. The average molecular weight is 307 g/mol. The molecule has 1 aromatic carbocycles. The van der Waals surface area contributed by atoms with Gasteiger partial charge in [-0.3, -0.25) is 9.59 Å². The van der Waals surface area contributed by atoms with Gasteiger partial charge >= 0.3 is 5.97 Å². The minimum Gasteiger partial charge on any atom is -0.481 e. The van der Waals surface area contributed by atoms with Crippen LogP contribution in [-0.2, 0) is 9.59 Å². The minimum absolute atomic E-state index is 0.0519. The van der Waals surface area contributed by atoms with E-state index in [9.17, 15) is 14.7 Å². The molecule has 0 aliphatic heterocycles. The third-order valence-corrected chi connectivity index (χ3v) is 4.18. The Morgan fingerprint density at radius 3 is 2.24 bits per heavy atom. The SMILES string of the molecule is Cc1c(C)c(C)c2oc(C(CC(=O)S)C(=O)O)nc2c1C. The number of thiol groups is 1. The molecule has 1 N–H and O–H groups in total. The van der Waals surface area contributed by atoms with Crippen LogP contribution >= 0.6 is 12.6 Å². The van der Waals surface area contributed by atoms with Gasteiger partial charge in [0.1, 0.15) is 11.4 Å². The zero-order chi connectivity index (χ0) is 15.9. The van der Waals surface area contributed by atoms with E-state index in [-0.39, 0.29) is 12.3 Å². The number of fused-ring (bicyclic) bond motifs is 1. The monoisotopic (exact) mass is 307 g/mol. The maximum Gasteiger partial charge on any atom is 0.316 e. The Morgan fingerprint density at radius 2 is 1.71 bits per heavy atom. The van der Waals surface area contributed by atoms with Gasteiger partial charge in [0.15, 0.2) is 10.7 Å². The third kappa shape index (κ3) is 2.68. The van der Waals surface area contributed by atoms with Crippen LogP contribution in [-0.4, -0.2) is 21.2 Å². The quantitative estimate of drug-likeness (QED) is 0.848. The topological polar surface area (TPSA) is 80.4 Å². The molecule has 0 saturated carbocycles. The van der Waals surface area contributed by atoms with Crippen LogP contribution in [0.1, 0.15) is 40.5 Å². The summed E-state index contributed by atoms with van der Waals surface area (Å²) in [4.78, 5) is 26.8. The predicted octanol–water partition coefficient (Wildman–Crippen LogP) is 3.08. The van der Waals surface area contributed by atoms with Crippen molar-refractivity contribution in [1.29, 1.82) is 0 Å². The van der Waals surface area contributed by atoms with E-state index in [1.165, 1.54) is 0 Å². The predicted molar refractivity (Wildman–Crippen MR) is 81.9 cm³/mol. The van der Waals surface area contributed by atoms with Crippen molar-refractivity contribution < 1.29 is 19.1 Å². The summed E-state index contributed by atoms with van der Waals surface area (Å²) < 4.78 is 5.66. The Bertz CT molecular complexity index is 703. The summed E-state index contributed by atoms with van der Waals surface area (Å²) in [6.07, 6.45) is -0.249. The number of nitrogens with zero attached hydrogens (tertiary/aromatic N) is 1. The smallest absolute Gasteiger partial charge is 0.316 e. The van der Waals surface area contributed by atoms with Crippen molar-refractivity contribution in [2.45, 2.75) is 40.0 Å². The molecular formula is C15H17NO4S. The number of carboxylic acid groups (broad SMARTS) is 1. The highest BCUT2D eigenvalue weighted by Gasteiger charge is 2.28. The molecule has 0 saturated heterocycles. The Labute approximate surface area is 127 Å². The van der Waals surface area contributed by atoms with Gasteiger partial charge in [-0.2, -0.15) is 0 Å². The Hall–Kier alpha value is -1.82. The van der Waals surface area contributed by atoms with Crippen LogP contribution in [0.2, 0.25) is 0 Å². The summed E-state index contributed by atoms with van der Waals surface area (Å²) in [5.74, 6) is -2.20. The first-order chi connectivity index (χ1) is 9.73. The number of carbonyl (C=O) groups excluding carboxylic acids is 1. The molecule has 0 aliphatic carbocycles. The second-order valence-corrected chi connectivity index (χ2v) is 5.72. The summed E-state index contributed by atoms with van der Waals surface area (Å²) in [7, 11) is 0. The molecule has 2 rings (SSSR count). The number of rotatable bonds is 4. The van der Waals surface area contributed by atoms with Crippen LogP contribution in [0.25, 0.3) is 11.1 Å². The zero-order valence-corrected chi connectivity index (χ0v) is 13.2. The molecule has 0 amide bonds. The first-order valence-electron chi connectivity index (χ1n) is 6.55. The van der Waals surface area contributed by atoms with E-state index in [0.29, 0.717) is 11.1 Å². The van der Waals surface area contributed by atoms with E-state index < -0.39 is 17.0 Å². The molecule has 0 radical (unpaired) electrons. The van der Waals surface area contributed by atoms with Gasteiger partial charge in [0.05, 0.1) is 0 Å². The number of aryl methyl sites for hydroxylation is 2. The molecule has 0 bridgehead atoms. The lowest BCUT2D eigenvalue weighted by molar-refractivity contribution is -0.140. The summed E-state index contributed by atoms with van der Waals surface area (Å²) in [5.41, 5.74) is 5.35. The number of benzene rings is 1. The third-order valence-electron chi connectivity index (χ3n) is 4.00. The van der Waals surface area contributed by atoms with Gasteiger partial charge < -0.3 is 9.52 Å². The number of aromatic nitrogens is 1. The lowest BCUT2D eigenvalue weighted by Gasteiger charge is -2.08. The molecule has 1 atom stereocenters. The van der Waals surface area contributed by atoms with Crippen molar-refractivity contribution in [3.05, 3.63) is 28.1 Å². The Kier molecular flexibility index (Phi) is 4.09. The second-order valence-electron chi connectivity index (χ2n) is 5.22. The van der Waals surface area contributed by atoms with Crippen molar-refractivity contribution in [1.82, 2.24) is 4.98 Å². The highest BCUT2D eigenvalue weighted by Crippen LogP contribution is 2.32. The lowest BCUT2D eigenvalue weighted by atomic mass is 9.98. The standard InChI is InChI=1S/C15H17NO4S/c1-6-7(2)9(4)13-12(8(6)3)16-14(20-13)10(15(18)19)5-11(17)21/h10H,5H2,1-4H3,(H,17,21)(H,18,19). The van der Waals surface area contributed by atoms with E-state index >= 15 is 0 Å². The molecule has 1 aromatic heterocycles. The van der Waals surface area contributed by atoms with Crippen molar-refractivity contribution in [3.8, 4) is 0 Å². The zero-order valence-electron chi connectivity index (χ0n) is 12.4. The average Bonchev–Trinajstić information content (AvgIpc) is 2.84. The molecule has 0 spiro atoms. The van der Waals surface area contributed by atoms with Crippen LogP contribution in [0.15, 0.2) is 4.42 Å². The van der Waals surface area contributed by atoms with Crippen molar-refractivity contribution in [2.75, 3.05) is 0 Å². The first kappa shape index (κ1) is 15.6. The van der Waals surface area contributed by atoms with Crippen molar-refractivity contribution in [2.24, 2.45) is 0 Å². The van der Waals surface area contributed by atoms with E-state index in [4.69, 9.17) is 4.42 Å². The molecule has 0 fully saturated rings. The van der Waals surface area contributed by atoms with Crippen LogP contribution in [0.5, 0.6) is 0 Å². The molecule has 5 nitrogen and oxygen atoms in total. The number of oxazole rings is 1. The molecule has 0 aliphatic rings. The van der Waals surface area contributed by atoms with Gasteiger partial charge in [-0.1, -0.05) is 0 Å². The summed E-state index contributed by atoms with van der Waals surface area (Å²) in [6, 6.07) is 0. The highest BCUT2D eigenvalue weighted by molar-refractivity contribution is 7.96. The van der Waals surface area contributed by atoms with Gasteiger partial charge in [-0.05, 0) is 49.9 Å². The fourth-order valence-corrected chi connectivity index (χ4v) is 2.54. The Balaban J connectivity index is 2.67. The number of hydrogen-bond acceptors (Lipinski definition) is 4. The summed E-state index contributed by atoms with van der Waals surface area (Å²) in [6.45, 7) is 7.83. The molecule has 2 aromatic rings. The van der Waals surface area contributed by atoms with Crippen LogP contribution in [0.4, 0.5) is 0 Å². The first-order valence-corrected chi connectivity index (χ1v) is 7.00. The molecule has 21 heavy (non-hydrogen) atoms. The second kappa shape index (κ2) is 5.52. The van der Waals surface area contributed by atoms with Gasteiger partial charge in [0.2, 0.25) is 5.89 Å². The minimum atomic E-state index is -1.15. The molecular weight excluding hydrogens is 290 g/mol. The van der Waals surface area contributed by atoms with Gasteiger partial charge in [0.25, 0.3) is 0 Å². The summed E-state index contributed by atoms with van der Waals surface area (Å²) >= 11 is 3.65. The fraction of sp³-hybridized carbons (Fsp3) is 0.400. The van der Waals surface area contributed by atoms with Gasteiger partial charge in [0, 0.05) is 6.42 Å². The van der Waals surface area contributed by atoms with E-state index in [2.05, 4.69) is 17.6 Å². The van der Waals surface area contributed by atoms with Crippen LogP contribution in [0, 0.1) is 27.7 Å². The van der Waals surface area contributed by atoms with Crippen LogP contribution in [0.3, 0.4) is 0 Å². The molecule has 1 heterocycles. The highest BCUT2D eigenvalue weighted by atomic mass is 32.1. The summed E-state index contributed by atoms with van der Waals surface area (Å²) in [5, 5.41) is 8.75.